The first kappa shape index (κ1) is 21.8. The van der Waals surface area contributed by atoms with Crippen molar-refractivity contribution in [2.45, 2.75) is 78.9 Å². The van der Waals surface area contributed by atoms with Gasteiger partial charge in [0.2, 0.25) is 0 Å². The smallest absolute Gasteiger partial charge is 0.176 e. The van der Waals surface area contributed by atoms with Crippen LogP contribution >= 0.6 is 0 Å². The summed E-state index contributed by atoms with van der Waals surface area (Å²) in [6.07, 6.45) is 0.604. The van der Waals surface area contributed by atoms with Crippen molar-refractivity contribution in [3.63, 3.8) is 0 Å². The summed E-state index contributed by atoms with van der Waals surface area (Å²) in [4.78, 5) is 25.2. The van der Waals surface area contributed by atoms with E-state index in [-0.39, 0.29) is 12.0 Å². The highest BCUT2D eigenvalue weighted by atomic mass is 16.4. The van der Waals surface area contributed by atoms with Gasteiger partial charge < -0.3 is 15.3 Å². The van der Waals surface area contributed by atoms with E-state index in [2.05, 4.69) is 0 Å². The van der Waals surface area contributed by atoms with E-state index < -0.39 is 40.9 Å². The van der Waals surface area contributed by atoms with Crippen molar-refractivity contribution in [2.24, 2.45) is 23.7 Å². The third-order valence-corrected chi connectivity index (χ3v) is 5.04. The van der Waals surface area contributed by atoms with Gasteiger partial charge in [-0.25, -0.2) is 0 Å². The van der Waals surface area contributed by atoms with E-state index >= 15 is 0 Å². The molecule has 0 aromatic carbocycles. The Morgan fingerprint density at radius 3 is 2.00 bits per heavy atom. The number of allylic oxidation sites excluding steroid dienone is 1. The molecule has 144 valence electrons. The number of aliphatic hydroxyl groups excluding tert-OH is 2. The summed E-state index contributed by atoms with van der Waals surface area (Å²) in [5, 5.41) is 32.4. The Morgan fingerprint density at radius 2 is 1.56 bits per heavy atom. The minimum atomic E-state index is -2.07. The van der Waals surface area contributed by atoms with E-state index in [1.165, 1.54) is 0 Å². The maximum atomic E-state index is 12.8. The van der Waals surface area contributed by atoms with Crippen molar-refractivity contribution in [3.8, 4) is 0 Å². The lowest BCUT2D eigenvalue weighted by Gasteiger charge is -2.34. The molecule has 0 fully saturated rings. The Kier molecular flexibility index (Phi) is 7.39. The van der Waals surface area contributed by atoms with Crippen LogP contribution < -0.4 is 0 Å². The number of hydrogen-bond acceptors (Lipinski definition) is 5. The zero-order valence-corrected chi connectivity index (χ0v) is 16.4. The van der Waals surface area contributed by atoms with Gasteiger partial charge in [0.05, 0.1) is 12.0 Å². The van der Waals surface area contributed by atoms with Gasteiger partial charge in [-0.1, -0.05) is 48.0 Å². The van der Waals surface area contributed by atoms with E-state index in [1.54, 1.807) is 13.8 Å². The average molecular weight is 354 g/mol. The molecule has 1 aliphatic rings. The molecular weight excluding hydrogens is 320 g/mol. The zero-order chi connectivity index (χ0) is 19.5. The molecule has 0 radical (unpaired) electrons. The molecule has 0 heterocycles. The number of aliphatic hydroxyl groups is 3. The van der Waals surface area contributed by atoms with Crippen LogP contribution in [0.3, 0.4) is 0 Å². The summed E-state index contributed by atoms with van der Waals surface area (Å²) < 4.78 is 0. The average Bonchev–Trinajstić information content (AvgIpc) is 2.69. The maximum Gasteiger partial charge on any atom is 0.176 e. The Morgan fingerprint density at radius 1 is 1.04 bits per heavy atom. The Bertz CT molecular complexity index is 532. The van der Waals surface area contributed by atoms with Crippen LogP contribution in [0.25, 0.3) is 0 Å². The summed E-state index contributed by atoms with van der Waals surface area (Å²) >= 11 is 0. The van der Waals surface area contributed by atoms with Gasteiger partial charge in [0, 0.05) is 5.92 Å². The molecule has 0 unspecified atom stereocenters. The highest BCUT2D eigenvalue weighted by Gasteiger charge is 2.58. The molecule has 1 aliphatic carbocycles. The molecule has 25 heavy (non-hydrogen) atoms. The summed E-state index contributed by atoms with van der Waals surface area (Å²) in [6, 6.07) is 0. The third-order valence-electron chi connectivity index (χ3n) is 5.04. The Balaban J connectivity index is 3.27. The first-order valence-electron chi connectivity index (χ1n) is 9.37. The minimum Gasteiger partial charge on any atom is -0.508 e. The first-order valence-corrected chi connectivity index (χ1v) is 9.37. The molecule has 5 heteroatoms. The molecule has 0 amide bonds. The predicted octanol–water partition coefficient (Wildman–Crippen LogP) is 3.19. The number of ketones is 2. The topological polar surface area (TPSA) is 94.8 Å². The lowest BCUT2D eigenvalue weighted by atomic mass is 9.78. The Labute approximate surface area is 151 Å². The fraction of sp³-hybridized carbons (Fsp3) is 0.800. The first-order chi connectivity index (χ1) is 11.4. The van der Waals surface area contributed by atoms with Crippen LogP contribution in [0.5, 0.6) is 0 Å². The molecule has 3 atom stereocenters. The van der Waals surface area contributed by atoms with Crippen LogP contribution in [0.1, 0.15) is 67.2 Å². The molecule has 0 aromatic heterocycles. The largest absolute Gasteiger partial charge is 0.508 e. The molecular formula is C20H34O5. The van der Waals surface area contributed by atoms with Crippen molar-refractivity contribution in [1.29, 1.82) is 0 Å². The number of carbonyl (C=O) groups is 2. The van der Waals surface area contributed by atoms with Crippen LogP contribution in [0.15, 0.2) is 11.3 Å². The van der Waals surface area contributed by atoms with Gasteiger partial charge in [-0.05, 0) is 31.1 Å². The summed E-state index contributed by atoms with van der Waals surface area (Å²) in [5.74, 6) is -2.49. The van der Waals surface area contributed by atoms with Crippen molar-refractivity contribution in [3.05, 3.63) is 11.3 Å². The number of carbonyl (C=O) groups excluding carboxylic acids is 2. The normalized spacial score (nSPS) is 25.6. The van der Waals surface area contributed by atoms with Gasteiger partial charge in [0.1, 0.15) is 11.3 Å². The van der Waals surface area contributed by atoms with Gasteiger partial charge in [-0.3, -0.25) is 9.59 Å². The van der Waals surface area contributed by atoms with E-state index in [4.69, 9.17) is 0 Å². The number of hydrogen-bond donors (Lipinski definition) is 3. The van der Waals surface area contributed by atoms with Crippen molar-refractivity contribution in [1.82, 2.24) is 0 Å². The van der Waals surface area contributed by atoms with E-state index in [9.17, 15) is 24.9 Å². The molecule has 5 nitrogen and oxygen atoms in total. The molecule has 0 saturated heterocycles. The van der Waals surface area contributed by atoms with Crippen LogP contribution in [0.4, 0.5) is 0 Å². The van der Waals surface area contributed by atoms with E-state index in [1.807, 2.05) is 27.7 Å². The fourth-order valence-corrected chi connectivity index (χ4v) is 3.34. The Hall–Kier alpha value is -1.20. The highest BCUT2D eigenvalue weighted by molar-refractivity contribution is 6.24. The summed E-state index contributed by atoms with van der Waals surface area (Å²) in [5.41, 5.74) is -2.39. The minimum absolute atomic E-state index is 0.257. The van der Waals surface area contributed by atoms with Gasteiger partial charge in [-0.15, -0.1) is 0 Å². The van der Waals surface area contributed by atoms with Crippen molar-refractivity contribution < 1.29 is 24.9 Å². The molecule has 0 bridgehead atoms. The fourth-order valence-electron chi connectivity index (χ4n) is 3.34. The third kappa shape index (κ3) is 4.50. The van der Waals surface area contributed by atoms with Crippen LogP contribution in [-0.2, 0) is 9.59 Å². The number of Topliss-reactive ketones (excluding diaryl/α,β-unsaturated/α-hetero) is 2. The maximum absolute atomic E-state index is 12.8. The summed E-state index contributed by atoms with van der Waals surface area (Å²) in [6.45, 7) is 11.3. The molecule has 1 rings (SSSR count). The number of rotatable bonds is 9. The van der Waals surface area contributed by atoms with Crippen LogP contribution in [0.2, 0.25) is 0 Å². The van der Waals surface area contributed by atoms with Crippen LogP contribution in [-0.4, -0.2) is 38.6 Å². The van der Waals surface area contributed by atoms with Crippen LogP contribution in [0, 0.1) is 23.7 Å². The second-order valence-electron chi connectivity index (χ2n) is 8.44. The monoisotopic (exact) mass is 354 g/mol. The van der Waals surface area contributed by atoms with Crippen molar-refractivity contribution in [2.75, 3.05) is 0 Å². The molecule has 0 saturated carbocycles. The molecule has 0 aliphatic heterocycles. The lowest BCUT2D eigenvalue weighted by Crippen LogP contribution is -2.49. The van der Waals surface area contributed by atoms with Gasteiger partial charge in [0.25, 0.3) is 0 Å². The molecule has 0 spiro atoms. The summed E-state index contributed by atoms with van der Waals surface area (Å²) in [7, 11) is 0. The van der Waals surface area contributed by atoms with Crippen molar-refractivity contribution >= 4 is 11.6 Å². The predicted molar refractivity (Wildman–Crippen MR) is 97.1 cm³/mol. The standard InChI is InChI=1S/C20H34O5/c1-11(2)7-9-14-18(23)16(17(22)13(5)6)19(24)20(14,25)15(21)10-8-12(3)4/h11-15,21,24-25H,7-10H2,1-6H3/t14-,15-,20-/m0/s1. The van der Waals surface area contributed by atoms with Gasteiger partial charge >= 0.3 is 0 Å². The molecule has 0 aromatic rings. The SMILES string of the molecule is CC(C)CC[C@H](O)[C@]1(O)C(O)=C(C(=O)C(C)C)C(=O)[C@@H]1CCC(C)C. The van der Waals surface area contributed by atoms with Gasteiger partial charge in [0.15, 0.2) is 17.2 Å². The second-order valence-corrected chi connectivity index (χ2v) is 8.44. The van der Waals surface area contributed by atoms with E-state index in [0.717, 1.165) is 0 Å². The van der Waals surface area contributed by atoms with Gasteiger partial charge in [-0.2, -0.15) is 0 Å². The zero-order valence-electron chi connectivity index (χ0n) is 16.4. The quantitative estimate of drug-likeness (QED) is 0.553. The van der Waals surface area contributed by atoms with E-state index in [0.29, 0.717) is 31.1 Å². The lowest BCUT2D eigenvalue weighted by molar-refractivity contribution is -0.137. The molecule has 3 N–H and O–H groups in total. The highest BCUT2D eigenvalue weighted by Crippen LogP contribution is 2.44. The second kappa shape index (κ2) is 8.45.